The molecule has 2 aromatic carbocycles. The van der Waals surface area contributed by atoms with Crippen LogP contribution in [0.15, 0.2) is 53.1 Å². The molecule has 3 rings (SSSR count). The molecule has 0 N–H and O–H groups in total. The van der Waals surface area contributed by atoms with Crippen LogP contribution in [0.4, 0.5) is 0 Å². The zero-order chi connectivity index (χ0) is 18.7. The Morgan fingerprint density at radius 3 is 2.46 bits per heavy atom. The highest BCUT2D eigenvalue weighted by Gasteiger charge is 2.22. The number of hydrogen-bond donors (Lipinski definition) is 0. The van der Waals surface area contributed by atoms with E-state index >= 15 is 0 Å². The van der Waals surface area contributed by atoms with Crippen LogP contribution < -0.4 is 0 Å². The molecule has 5 heteroatoms. The number of nitrogens with zero attached hydrogens (tertiary/aromatic N) is 3. The first-order valence-corrected chi connectivity index (χ1v) is 8.72. The average molecular weight is 349 g/mol. The summed E-state index contributed by atoms with van der Waals surface area (Å²) >= 11 is 0. The van der Waals surface area contributed by atoms with Gasteiger partial charge in [-0.25, -0.2) is 0 Å². The normalized spacial score (nSPS) is 11.0. The first kappa shape index (κ1) is 17.9. The molecule has 0 spiro atoms. The highest BCUT2D eigenvalue weighted by Crippen LogP contribution is 2.18. The Labute approximate surface area is 153 Å². The van der Waals surface area contributed by atoms with Crippen LogP contribution in [-0.4, -0.2) is 27.0 Å². The fraction of sp³-hybridized carbons (Fsp3) is 0.286. The Bertz CT molecular complexity index is 901. The second-order valence-corrected chi connectivity index (χ2v) is 6.70. The first-order valence-electron chi connectivity index (χ1n) is 8.72. The summed E-state index contributed by atoms with van der Waals surface area (Å²) in [6.45, 7) is 8.29. The van der Waals surface area contributed by atoms with Crippen LogP contribution in [0.2, 0.25) is 0 Å². The van der Waals surface area contributed by atoms with Gasteiger partial charge in [-0.2, -0.15) is 4.98 Å². The van der Waals surface area contributed by atoms with Gasteiger partial charge in [0.1, 0.15) is 6.54 Å². The molecule has 0 radical (unpaired) electrons. The summed E-state index contributed by atoms with van der Waals surface area (Å²) in [5.74, 6) is 0.917. The van der Waals surface area contributed by atoms with Crippen LogP contribution in [0, 0.1) is 13.8 Å². The second-order valence-electron chi connectivity index (χ2n) is 6.70. The Morgan fingerprint density at radius 1 is 1.08 bits per heavy atom. The van der Waals surface area contributed by atoms with Crippen LogP contribution in [0.3, 0.4) is 0 Å². The molecule has 0 saturated carbocycles. The number of rotatable bonds is 5. The van der Waals surface area contributed by atoms with Crippen LogP contribution >= 0.6 is 0 Å². The van der Waals surface area contributed by atoms with Gasteiger partial charge in [0.2, 0.25) is 11.7 Å². The maximum Gasteiger partial charge on any atom is 0.254 e. The summed E-state index contributed by atoms with van der Waals surface area (Å²) in [5, 5.41) is 4.03. The zero-order valence-electron chi connectivity index (χ0n) is 15.6. The lowest BCUT2D eigenvalue weighted by atomic mass is 10.1. The number of benzene rings is 2. The van der Waals surface area contributed by atoms with Crippen LogP contribution in [0.1, 0.15) is 41.2 Å². The third kappa shape index (κ3) is 3.82. The summed E-state index contributed by atoms with van der Waals surface area (Å²) in [6, 6.07) is 15.4. The third-order valence-electron chi connectivity index (χ3n) is 4.44. The Morgan fingerprint density at radius 2 is 1.81 bits per heavy atom. The van der Waals surface area contributed by atoms with E-state index in [0.29, 0.717) is 17.3 Å². The molecule has 0 bridgehead atoms. The van der Waals surface area contributed by atoms with Gasteiger partial charge in [0.25, 0.3) is 5.91 Å². The largest absolute Gasteiger partial charge is 0.337 e. The molecule has 0 unspecified atom stereocenters. The molecule has 1 amide bonds. The van der Waals surface area contributed by atoms with Crippen molar-refractivity contribution in [2.24, 2.45) is 0 Å². The van der Waals surface area contributed by atoms with E-state index in [1.54, 1.807) is 4.90 Å². The fourth-order valence-corrected chi connectivity index (χ4v) is 2.70. The highest BCUT2D eigenvalue weighted by molar-refractivity contribution is 5.94. The van der Waals surface area contributed by atoms with Gasteiger partial charge in [0.05, 0.1) is 0 Å². The standard InChI is InChI=1S/C21H23N3O2/c1-14(2)24(21(25)18-11-10-15(3)16(4)12-18)13-19-22-20(23-26-19)17-8-6-5-7-9-17/h5-12,14H,13H2,1-4H3. The molecule has 1 aromatic heterocycles. The Balaban J connectivity index is 1.82. The number of amides is 1. The molecule has 1 heterocycles. The van der Waals surface area contributed by atoms with Gasteiger partial charge in [-0.1, -0.05) is 41.6 Å². The molecule has 0 atom stereocenters. The average Bonchev–Trinajstić information content (AvgIpc) is 3.11. The topological polar surface area (TPSA) is 59.2 Å². The second kappa shape index (κ2) is 7.52. The highest BCUT2D eigenvalue weighted by atomic mass is 16.5. The van der Waals surface area contributed by atoms with E-state index < -0.39 is 0 Å². The molecule has 3 aromatic rings. The SMILES string of the molecule is Cc1ccc(C(=O)N(Cc2nc(-c3ccccc3)no2)C(C)C)cc1C. The number of carbonyl (C=O) groups excluding carboxylic acids is 1. The van der Waals surface area contributed by atoms with Gasteiger partial charge in [0.15, 0.2) is 0 Å². The van der Waals surface area contributed by atoms with Crippen molar-refractivity contribution in [1.82, 2.24) is 15.0 Å². The fourth-order valence-electron chi connectivity index (χ4n) is 2.70. The van der Waals surface area contributed by atoms with Gasteiger partial charge in [-0.05, 0) is 51.0 Å². The van der Waals surface area contributed by atoms with Crippen molar-refractivity contribution >= 4 is 5.91 Å². The van der Waals surface area contributed by atoms with E-state index in [2.05, 4.69) is 10.1 Å². The van der Waals surface area contributed by atoms with E-state index in [-0.39, 0.29) is 18.5 Å². The van der Waals surface area contributed by atoms with E-state index in [1.807, 2.05) is 76.2 Å². The molecule has 0 aliphatic carbocycles. The van der Waals surface area contributed by atoms with Gasteiger partial charge in [0, 0.05) is 17.2 Å². The van der Waals surface area contributed by atoms with E-state index in [0.717, 1.165) is 11.1 Å². The number of hydrogen-bond acceptors (Lipinski definition) is 4. The van der Waals surface area contributed by atoms with Crippen LogP contribution in [-0.2, 0) is 6.54 Å². The number of aryl methyl sites for hydroxylation is 2. The summed E-state index contributed by atoms with van der Waals surface area (Å²) in [4.78, 5) is 19.1. The minimum absolute atomic E-state index is 0.0104. The maximum absolute atomic E-state index is 13.0. The quantitative estimate of drug-likeness (QED) is 0.685. The van der Waals surface area contributed by atoms with E-state index in [1.165, 1.54) is 5.56 Å². The van der Waals surface area contributed by atoms with Crippen molar-refractivity contribution in [2.45, 2.75) is 40.3 Å². The minimum atomic E-state index is -0.0393. The monoisotopic (exact) mass is 349 g/mol. The molecule has 0 fully saturated rings. The van der Waals surface area contributed by atoms with Gasteiger partial charge in [-0.15, -0.1) is 0 Å². The first-order chi connectivity index (χ1) is 12.5. The van der Waals surface area contributed by atoms with Crippen molar-refractivity contribution in [3.05, 3.63) is 71.1 Å². The molecule has 0 aliphatic rings. The van der Waals surface area contributed by atoms with Crippen molar-refractivity contribution in [2.75, 3.05) is 0 Å². The van der Waals surface area contributed by atoms with Crippen molar-refractivity contribution in [1.29, 1.82) is 0 Å². The number of carbonyl (C=O) groups is 1. The van der Waals surface area contributed by atoms with E-state index in [9.17, 15) is 4.79 Å². The smallest absolute Gasteiger partial charge is 0.254 e. The van der Waals surface area contributed by atoms with Gasteiger partial charge >= 0.3 is 0 Å². The molecule has 5 nitrogen and oxygen atoms in total. The third-order valence-corrected chi connectivity index (χ3v) is 4.44. The molecule has 26 heavy (non-hydrogen) atoms. The Kier molecular flexibility index (Phi) is 5.16. The lowest BCUT2D eigenvalue weighted by Crippen LogP contribution is -2.36. The molecular weight excluding hydrogens is 326 g/mol. The molecule has 134 valence electrons. The Hall–Kier alpha value is -2.95. The van der Waals surface area contributed by atoms with Gasteiger partial charge in [-0.3, -0.25) is 4.79 Å². The lowest BCUT2D eigenvalue weighted by Gasteiger charge is -2.25. The number of aromatic nitrogens is 2. The van der Waals surface area contributed by atoms with E-state index in [4.69, 9.17) is 4.52 Å². The van der Waals surface area contributed by atoms with Crippen LogP contribution in [0.25, 0.3) is 11.4 Å². The predicted octanol–water partition coefficient (Wildman–Crippen LogP) is 4.40. The molecule has 0 saturated heterocycles. The van der Waals surface area contributed by atoms with Crippen LogP contribution in [0.5, 0.6) is 0 Å². The van der Waals surface area contributed by atoms with Crippen molar-refractivity contribution in [3.8, 4) is 11.4 Å². The molecule has 0 aliphatic heterocycles. The summed E-state index contributed by atoms with van der Waals surface area (Å²) < 4.78 is 5.37. The summed E-state index contributed by atoms with van der Waals surface area (Å²) in [7, 11) is 0. The predicted molar refractivity (Wildman–Crippen MR) is 101 cm³/mol. The minimum Gasteiger partial charge on any atom is -0.337 e. The summed E-state index contributed by atoms with van der Waals surface area (Å²) in [6.07, 6.45) is 0. The van der Waals surface area contributed by atoms with Crippen molar-refractivity contribution < 1.29 is 9.32 Å². The summed E-state index contributed by atoms with van der Waals surface area (Å²) in [5.41, 5.74) is 3.83. The van der Waals surface area contributed by atoms with Crippen molar-refractivity contribution in [3.63, 3.8) is 0 Å². The zero-order valence-corrected chi connectivity index (χ0v) is 15.6. The lowest BCUT2D eigenvalue weighted by molar-refractivity contribution is 0.0667. The van der Waals surface area contributed by atoms with Gasteiger partial charge < -0.3 is 9.42 Å². The maximum atomic E-state index is 13.0. The molecular formula is C21H23N3O2.